The van der Waals surface area contributed by atoms with Crippen LogP contribution in [0.2, 0.25) is 0 Å². The molecule has 2 N–H and O–H groups in total. The summed E-state index contributed by atoms with van der Waals surface area (Å²) in [5.41, 5.74) is -1.09. The SMILES string of the molecule is CC(C)(NS(C)(=O)=O)C(=O)N1CCC(N2CCNCC2)C1.Cl. The molecule has 2 heterocycles. The van der Waals surface area contributed by atoms with E-state index in [1.54, 1.807) is 18.7 Å². The number of nitrogens with zero attached hydrogens (tertiary/aromatic N) is 2. The van der Waals surface area contributed by atoms with Crippen LogP contribution in [0.25, 0.3) is 0 Å². The van der Waals surface area contributed by atoms with E-state index in [9.17, 15) is 13.2 Å². The average molecular weight is 355 g/mol. The van der Waals surface area contributed by atoms with E-state index in [2.05, 4.69) is 14.9 Å². The van der Waals surface area contributed by atoms with Gasteiger partial charge in [0.25, 0.3) is 0 Å². The lowest BCUT2D eigenvalue weighted by Crippen LogP contribution is -2.56. The van der Waals surface area contributed by atoms with Gasteiger partial charge in [0.2, 0.25) is 15.9 Å². The Labute approximate surface area is 139 Å². The number of nitrogens with one attached hydrogen (secondary N) is 2. The van der Waals surface area contributed by atoms with Crippen LogP contribution in [0, 0.1) is 0 Å². The lowest BCUT2D eigenvalue weighted by Gasteiger charge is -2.33. The minimum atomic E-state index is -3.41. The summed E-state index contributed by atoms with van der Waals surface area (Å²) in [4.78, 5) is 16.7. The number of carbonyl (C=O) groups is 1. The van der Waals surface area contributed by atoms with Crippen LogP contribution in [0.1, 0.15) is 20.3 Å². The quantitative estimate of drug-likeness (QED) is 0.693. The summed E-state index contributed by atoms with van der Waals surface area (Å²) in [7, 11) is -3.41. The molecule has 0 aromatic carbocycles. The second-order valence-electron chi connectivity index (χ2n) is 6.48. The first-order valence-electron chi connectivity index (χ1n) is 7.42. The van der Waals surface area contributed by atoms with Crippen LogP contribution in [0.15, 0.2) is 0 Å². The Hall–Kier alpha value is -0.410. The first kappa shape index (κ1) is 19.6. The van der Waals surface area contributed by atoms with Crippen molar-refractivity contribution >= 4 is 28.3 Å². The molecule has 22 heavy (non-hydrogen) atoms. The maximum absolute atomic E-state index is 12.5. The summed E-state index contributed by atoms with van der Waals surface area (Å²) in [6.07, 6.45) is 2.04. The number of likely N-dealkylation sites (tertiary alicyclic amines) is 1. The number of piperazine rings is 1. The monoisotopic (exact) mass is 354 g/mol. The van der Waals surface area contributed by atoms with E-state index < -0.39 is 15.6 Å². The van der Waals surface area contributed by atoms with Gasteiger partial charge in [-0.2, -0.15) is 0 Å². The van der Waals surface area contributed by atoms with Gasteiger partial charge in [-0.05, 0) is 20.3 Å². The van der Waals surface area contributed by atoms with E-state index in [-0.39, 0.29) is 18.3 Å². The molecule has 130 valence electrons. The van der Waals surface area contributed by atoms with Crippen LogP contribution in [-0.4, -0.2) is 81.2 Å². The predicted molar refractivity (Wildman–Crippen MR) is 88.7 cm³/mol. The third-order valence-electron chi connectivity index (χ3n) is 4.09. The largest absolute Gasteiger partial charge is 0.339 e. The van der Waals surface area contributed by atoms with Gasteiger partial charge < -0.3 is 10.2 Å². The highest BCUT2D eigenvalue weighted by Crippen LogP contribution is 2.20. The lowest BCUT2D eigenvalue weighted by molar-refractivity contribution is -0.135. The third kappa shape index (κ3) is 5.06. The van der Waals surface area contributed by atoms with Gasteiger partial charge in [-0.3, -0.25) is 9.69 Å². The Balaban J connectivity index is 0.00000242. The Morgan fingerprint density at radius 1 is 1.23 bits per heavy atom. The molecule has 1 unspecified atom stereocenters. The predicted octanol–water partition coefficient (Wildman–Crippen LogP) is -0.758. The van der Waals surface area contributed by atoms with Gasteiger partial charge in [0.05, 0.1) is 6.26 Å². The first-order valence-corrected chi connectivity index (χ1v) is 9.31. The Morgan fingerprint density at radius 3 is 2.36 bits per heavy atom. The normalized spacial score (nSPS) is 24.1. The molecular weight excluding hydrogens is 328 g/mol. The molecule has 0 radical (unpaired) electrons. The van der Waals surface area contributed by atoms with Crippen molar-refractivity contribution in [1.82, 2.24) is 19.8 Å². The number of amides is 1. The van der Waals surface area contributed by atoms with Crippen molar-refractivity contribution in [2.24, 2.45) is 0 Å². The molecule has 0 spiro atoms. The highest BCUT2D eigenvalue weighted by molar-refractivity contribution is 7.88. The van der Waals surface area contributed by atoms with Crippen LogP contribution < -0.4 is 10.0 Å². The molecule has 1 atom stereocenters. The third-order valence-corrected chi connectivity index (χ3v) is 4.97. The highest BCUT2D eigenvalue weighted by Gasteiger charge is 2.39. The second-order valence-corrected chi connectivity index (χ2v) is 8.23. The first-order chi connectivity index (χ1) is 9.69. The molecular formula is C13H27ClN4O3S. The zero-order valence-electron chi connectivity index (χ0n) is 13.5. The summed E-state index contributed by atoms with van der Waals surface area (Å²) >= 11 is 0. The van der Waals surface area contributed by atoms with E-state index in [1.165, 1.54) is 0 Å². The van der Waals surface area contributed by atoms with Crippen molar-refractivity contribution in [3.05, 3.63) is 0 Å². The van der Waals surface area contributed by atoms with Crippen LogP contribution in [0.3, 0.4) is 0 Å². The average Bonchev–Trinajstić information content (AvgIpc) is 2.85. The van der Waals surface area contributed by atoms with Crippen LogP contribution in [-0.2, 0) is 14.8 Å². The van der Waals surface area contributed by atoms with E-state index in [0.717, 1.165) is 38.9 Å². The van der Waals surface area contributed by atoms with E-state index in [1.807, 2.05) is 0 Å². The molecule has 0 aromatic heterocycles. The number of hydrogen-bond donors (Lipinski definition) is 2. The maximum Gasteiger partial charge on any atom is 0.243 e. The molecule has 9 heteroatoms. The summed E-state index contributed by atoms with van der Waals surface area (Å²) in [5, 5.41) is 3.32. The second kappa shape index (κ2) is 7.44. The molecule has 2 saturated heterocycles. The Morgan fingerprint density at radius 2 is 1.82 bits per heavy atom. The van der Waals surface area contributed by atoms with Gasteiger partial charge in [0, 0.05) is 45.3 Å². The summed E-state index contributed by atoms with van der Waals surface area (Å²) in [5.74, 6) is -0.148. The fourth-order valence-electron chi connectivity index (χ4n) is 3.17. The smallest absolute Gasteiger partial charge is 0.243 e. The van der Waals surface area contributed by atoms with E-state index in [4.69, 9.17) is 0 Å². The number of carbonyl (C=O) groups excluding carboxylic acids is 1. The summed E-state index contributed by atoms with van der Waals surface area (Å²) in [6.45, 7) is 8.63. The number of halogens is 1. The number of rotatable bonds is 4. The molecule has 7 nitrogen and oxygen atoms in total. The van der Waals surface area contributed by atoms with Crippen molar-refractivity contribution < 1.29 is 13.2 Å². The minimum absolute atomic E-state index is 0. The lowest BCUT2D eigenvalue weighted by atomic mass is 10.1. The van der Waals surface area contributed by atoms with Crippen molar-refractivity contribution in [2.75, 3.05) is 45.5 Å². The molecule has 0 aromatic rings. The molecule has 0 aliphatic carbocycles. The van der Waals surface area contributed by atoms with Gasteiger partial charge in [-0.25, -0.2) is 13.1 Å². The molecule has 1 amide bonds. The molecule has 2 rings (SSSR count). The summed E-state index contributed by atoms with van der Waals surface area (Å²) < 4.78 is 25.2. The minimum Gasteiger partial charge on any atom is -0.339 e. The molecule has 2 aliphatic rings. The van der Waals surface area contributed by atoms with Gasteiger partial charge in [0.15, 0.2) is 0 Å². The number of sulfonamides is 1. The topological polar surface area (TPSA) is 81.8 Å². The van der Waals surface area contributed by atoms with Crippen molar-refractivity contribution in [3.8, 4) is 0 Å². The Bertz CT molecular complexity index is 492. The highest BCUT2D eigenvalue weighted by atomic mass is 35.5. The van der Waals surface area contributed by atoms with Crippen molar-refractivity contribution in [1.29, 1.82) is 0 Å². The molecule has 2 fully saturated rings. The van der Waals surface area contributed by atoms with E-state index in [0.29, 0.717) is 19.1 Å². The van der Waals surface area contributed by atoms with Gasteiger partial charge in [-0.1, -0.05) is 0 Å². The van der Waals surface area contributed by atoms with Gasteiger partial charge in [0.1, 0.15) is 5.54 Å². The van der Waals surface area contributed by atoms with Crippen molar-refractivity contribution in [2.45, 2.75) is 31.8 Å². The fourth-order valence-corrected chi connectivity index (χ4v) is 4.19. The molecule has 2 aliphatic heterocycles. The number of hydrogen-bond acceptors (Lipinski definition) is 5. The molecule has 0 saturated carbocycles. The zero-order chi connectivity index (χ0) is 15.7. The van der Waals surface area contributed by atoms with Crippen LogP contribution >= 0.6 is 12.4 Å². The zero-order valence-corrected chi connectivity index (χ0v) is 15.1. The van der Waals surface area contributed by atoms with Crippen LogP contribution in [0.5, 0.6) is 0 Å². The van der Waals surface area contributed by atoms with Crippen molar-refractivity contribution in [3.63, 3.8) is 0 Å². The standard InChI is InChI=1S/C13H26N4O3S.ClH/c1-13(2,15-21(3,19)20)12(18)17-7-4-11(10-17)16-8-5-14-6-9-16;/h11,14-15H,4-10H2,1-3H3;1H. The molecule has 0 bridgehead atoms. The maximum atomic E-state index is 12.5. The van der Waals surface area contributed by atoms with Gasteiger partial charge >= 0.3 is 0 Å². The summed E-state index contributed by atoms with van der Waals surface area (Å²) in [6, 6.07) is 0.394. The Kier molecular flexibility index (Phi) is 6.64. The van der Waals surface area contributed by atoms with Gasteiger partial charge in [-0.15, -0.1) is 12.4 Å². The fraction of sp³-hybridized carbons (Fsp3) is 0.923. The van der Waals surface area contributed by atoms with E-state index >= 15 is 0 Å². The van der Waals surface area contributed by atoms with Crippen LogP contribution in [0.4, 0.5) is 0 Å².